The monoisotopic (exact) mass is 691 g/mol. The van der Waals surface area contributed by atoms with E-state index < -0.39 is 17.7 Å². The van der Waals surface area contributed by atoms with Gasteiger partial charge in [0.2, 0.25) is 5.13 Å². The molecule has 252 valence electrons. The van der Waals surface area contributed by atoms with Gasteiger partial charge in [-0.2, -0.15) is 0 Å². The average Bonchev–Trinajstić information content (AvgIpc) is 3.65. The van der Waals surface area contributed by atoms with Crippen LogP contribution in [-0.4, -0.2) is 46.8 Å². The lowest BCUT2D eigenvalue weighted by atomic mass is 9.95. The van der Waals surface area contributed by atoms with Crippen molar-refractivity contribution in [2.75, 3.05) is 24.7 Å². The fourth-order valence-electron chi connectivity index (χ4n) is 5.03. The molecule has 1 N–H and O–H groups in total. The Balaban J connectivity index is 1.55. The van der Waals surface area contributed by atoms with Crippen molar-refractivity contribution >= 4 is 45.7 Å². The van der Waals surface area contributed by atoms with Crippen LogP contribution in [0.15, 0.2) is 76.6 Å². The molecule has 1 saturated heterocycles. The predicted molar refractivity (Wildman–Crippen MR) is 185 cm³/mol. The number of amides is 1. The largest absolute Gasteiger partial charge is 0.507 e. The molecule has 1 fully saturated rings. The molecule has 0 aliphatic carbocycles. The minimum atomic E-state index is -1.05. The molecule has 1 aliphatic rings. The molecule has 0 saturated carbocycles. The molecule has 0 radical (unpaired) electrons. The number of nitrogens with zero attached hydrogens (tertiary/aromatic N) is 3. The predicted octanol–water partition coefficient (Wildman–Crippen LogP) is 8.21. The number of carbonyl (C=O) groups excluding carboxylic acids is 2. The van der Waals surface area contributed by atoms with Gasteiger partial charge in [-0.15, -0.1) is 10.2 Å². The number of anilines is 1. The fraction of sp³-hybridized carbons (Fsp3) is 0.333. The van der Waals surface area contributed by atoms with Crippen molar-refractivity contribution in [1.29, 1.82) is 0 Å². The first-order valence-electron chi connectivity index (χ1n) is 15.8. The van der Waals surface area contributed by atoms with Gasteiger partial charge < -0.3 is 19.3 Å². The van der Waals surface area contributed by atoms with E-state index >= 15 is 0 Å². The molecule has 3 aromatic carbocycles. The number of hydrogen-bond donors (Lipinski definition) is 1. The highest BCUT2D eigenvalue weighted by Gasteiger charge is 2.48. The summed E-state index contributed by atoms with van der Waals surface area (Å²) in [5, 5.41) is 20.3. The molecule has 5 rings (SSSR count). The van der Waals surface area contributed by atoms with Crippen molar-refractivity contribution in [2.45, 2.75) is 56.7 Å². The second kappa shape index (κ2) is 16.1. The summed E-state index contributed by atoms with van der Waals surface area (Å²) in [5.41, 5.74) is 1.26. The Labute approximate surface area is 287 Å². The SMILES string of the molecule is CCCOc1ccc(C(O)=C2C(=O)C(=O)N(c3nnc(SCc4ccccc4F)s3)C2c2ccc(OCCC(C)C)c(OCC)c2)cc1. The van der Waals surface area contributed by atoms with Crippen LogP contribution in [0.25, 0.3) is 5.76 Å². The number of hydrogen-bond acceptors (Lipinski definition) is 10. The first-order chi connectivity index (χ1) is 23.2. The lowest BCUT2D eigenvalue weighted by Crippen LogP contribution is -2.29. The summed E-state index contributed by atoms with van der Waals surface area (Å²) < 4.78 is 32.4. The van der Waals surface area contributed by atoms with Gasteiger partial charge >= 0.3 is 5.91 Å². The lowest BCUT2D eigenvalue weighted by molar-refractivity contribution is -0.132. The maximum Gasteiger partial charge on any atom is 0.301 e. The van der Waals surface area contributed by atoms with Crippen molar-refractivity contribution in [1.82, 2.24) is 10.2 Å². The van der Waals surface area contributed by atoms with Gasteiger partial charge in [0.25, 0.3) is 5.78 Å². The van der Waals surface area contributed by atoms with E-state index in [0.717, 1.165) is 24.2 Å². The Bertz CT molecular complexity index is 1780. The van der Waals surface area contributed by atoms with Gasteiger partial charge in [-0.1, -0.05) is 68.1 Å². The molecule has 48 heavy (non-hydrogen) atoms. The molecule has 4 aromatic rings. The number of ether oxygens (including phenoxy) is 3. The zero-order valence-electron chi connectivity index (χ0n) is 27.3. The molecule has 12 heteroatoms. The van der Waals surface area contributed by atoms with Crippen LogP contribution < -0.4 is 19.1 Å². The normalized spacial score (nSPS) is 15.7. The molecule has 1 unspecified atom stereocenters. The maximum atomic E-state index is 14.2. The van der Waals surface area contributed by atoms with Crippen molar-refractivity contribution in [3.63, 3.8) is 0 Å². The second-order valence-electron chi connectivity index (χ2n) is 11.4. The summed E-state index contributed by atoms with van der Waals surface area (Å²) >= 11 is 2.37. The number of ketones is 1. The van der Waals surface area contributed by atoms with Gasteiger partial charge in [-0.25, -0.2) is 4.39 Å². The van der Waals surface area contributed by atoms with E-state index in [1.54, 1.807) is 60.7 Å². The summed E-state index contributed by atoms with van der Waals surface area (Å²) in [6, 6.07) is 17.3. The van der Waals surface area contributed by atoms with E-state index in [1.807, 2.05) is 13.8 Å². The van der Waals surface area contributed by atoms with Crippen LogP contribution in [0.1, 0.15) is 63.3 Å². The van der Waals surface area contributed by atoms with Gasteiger partial charge in [0.05, 0.1) is 31.4 Å². The maximum absolute atomic E-state index is 14.2. The van der Waals surface area contributed by atoms with E-state index in [1.165, 1.54) is 22.7 Å². The Morgan fingerprint density at radius 2 is 1.75 bits per heavy atom. The standard InChI is InChI=1S/C36H38FN3O6S2/c1-5-18-45-26-14-11-23(12-15-26)32(41)30-31(24-13-16-28(29(20-24)44-6-2)46-19-17-22(3)4)40(34(43)33(30)42)35-38-39-36(48-35)47-21-25-9-7-8-10-27(25)37/h7-16,20,22,31,41H,5-6,17-19,21H2,1-4H3. The summed E-state index contributed by atoms with van der Waals surface area (Å²) in [6.07, 6.45) is 1.69. The molecule has 1 aromatic heterocycles. The van der Waals surface area contributed by atoms with Gasteiger partial charge in [0, 0.05) is 11.3 Å². The van der Waals surface area contributed by atoms with E-state index in [0.29, 0.717) is 69.8 Å². The van der Waals surface area contributed by atoms with E-state index in [4.69, 9.17) is 14.2 Å². The van der Waals surface area contributed by atoms with Gasteiger partial charge in [-0.05, 0) is 79.3 Å². The van der Waals surface area contributed by atoms with Gasteiger partial charge in [0.1, 0.15) is 17.3 Å². The smallest absolute Gasteiger partial charge is 0.301 e. The number of Topliss-reactive ketones (excluding diaryl/α,β-unsaturated/α-hetero) is 1. The van der Waals surface area contributed by atoms with Gasteiger partial charge in [-0.3, -0.25) is 14.5 Å². The number of aliphatic hydroxyl groups excluding tert-OH is 1. The van der Waals surface area contributed by atoms with Crippen LogP contribution in [0.3, 0.4) is 0 Å². The van der Waals surface area contributed by atoms with Crippen LogP contribution in [0.4, 0.5) is 9.52 Å². The number of carbonyl (C=O) groups is 2. The van der Waals surface area contributed by atoms with Gasteiger partial charge in [0.15, 0.2) is 15.8 Å². The Morgan fingerprint density at radius 1 is 0.979 bits per heavy atom. The topological polar surface area (TPSA) is 111 Å². The molecule has 1 aliphatic heterocycles. The fourth-order valence-corrected chi connectivity index (χ4v) is 6.88. The van der Waals surface area contributed by atoms with E-state index in [-0.39, 0.29) is 22.3 Å². The number of benzene rings is 3. The number of rotatable bonds is 15. The number of aromatic nitrogens is 2. The van der Waals surface area contributed by atoms with Crippen LogP contribution in [0, 0.1) is 11.7 Å². The first kappa shape index (κ1) is 34.9. The number of aliphatic hydroxyl groups is 1. The summed E-state index contributed by atoms with van der Waals surface area (Å²) in [7, 11) is 0. The quantitative estimate of drug-likeness (QED) is 0.0434. The highest BCUT2D eigenvalue weighted by atomic mass is 32.2. The minimum Gasteiger partial charge on any atom is -0.507 e. The third kappa shape index (κ3) is 7.99. The molecule has 9 nitrogen and oxygen atoms in total. The minimum absolute atomic E-state index is 0.103. The average molecular weight is 692 g/mol. The van der Waals surface area contributed by atoms with Crippen molar-refractivity contribution in [2.24, 2.45) is 5.92 Å². The number of halogens is 1. The Hall–Kier alpha value is -4.42. The Kier molecular flexibility index (Phi) is 11.7. The second-order valence-corrected chi connectivity index (χ2v) is 13.6. The van der Waals surface area contributed by atoms with Crippen molar-refractivity contribution in [3.8, 4) is 17.2 Å². The zero-order valence-corrected chi connectivity index (χ0v) is 28.9. The third-order valence-corrected chi connectivity index (χ3v) is 9.60. The van der Waals surface area contributed by atoms with Crippen LogP contribution in [0.2, 0.25) is 0 Å². The molecule has 1 atom stereocenters. The van der Waals surface area contributed by atoms with E-state index in [2.05, 4.69) is 24.0 Å². The van der Waals surface area contributed by atoms with Crippen LogP contribution in [0.5, 0.6) is 17.2 Å². The summed E-state index contributed by atoms with van der Waals surface area (Å²) in [4.78, 5) is 28.8. The highest BCUT2D eigenvalue weighted by molar-refractivity contribution is 8.00. The number of thioether (sulfide) groups is 1. The zero-order chi connectivity index (χ0) is 34.2. The molecule has 0 spiro atoms. The van der Waals surface area contributed by atoms with Crippen molar-refractivity contribution < 1.29 is 33.3 Å². The summed E-state index contributed by atoms with van der Waals surface area (Å²) in [5.74, 6) is -0.0381. The van der Waals surface area contributed by atoms with E-state index in [9.17, 15) is 19.1 Å². The van der Waals surface area contributed by atoms with Crippen LogP contribution >= 0.6 is 23.1 Å². The summed E-state index contributed by atoms with van der Waals surface area (Å²) in [6.45, 7) is 9.47. The highest BCUT2D eigenvalue weighted by Crippen LogP contribution is 2.46. The molecular weight excluding hydrogens is 654 g/mol. The lowest BCUT2D eigenvalue weighted by Gasteiger charge is -2.24. The molecular formula is C36H38FN3O6S2. The van der Waals surface area contributed by atoms with Crippen molar-refractivity contribution in [3.05, 3.63) is 94.8 Å². The molecule has 0 bridgehead atoms. The first-order valence-corrected chi connectivity index (χ1v) is 17.6. The molecule has 1 amide bonds. The molecule has 2 heterocycles. The van der Waals surface area contributed by atoms with Crippen LogP contribution in [-0.2, 0) is 15.3 Å². The third-order valence-electron chi connectivity index (χ3n) is 7.49. The Morgan fingerprint density at radius 3 is 2.46 bits per heavy atom.